The molecule has 72 valence electrons. The van der Waals surface area contributed by atoms with Gasteiger partial charge in [0.1, 0.15) is 11.5 Å². The first kappa shape index (κ1) is 9.83. The standard InChI is InChI=1S/C9H13NO3/c1-6(10-12)8-4-3-7(13-2)5-9(8)11/h3-6,10-12H,1-2H3. The average molecular weight is 183 g/mol. The zero-order chi connectivity index (χ0) is 9.84. The Morgan fingerprint density at radius 1 is 1.46 bits per heavy atom. The van der Waals surface area contributed by atoms with Gasteiger partial charge in [0.25, 0.3) is 0 Å². The summed E-state index contributed by atoms with van der Waals surface area (Å²) in [5.74, 6) is 0.694. The maximum absolute atomic E-state index is 9.49. The summed E-state index contributed by atoms with van der Waals surface area (Å²) in [5, 5.41) is 18.1. The minimum atomic E-state index is -0.300. The van der Waals surface area contributed by atoms with Crippen molar-refractivity contribution in [2.75, 3.05) is 7.11 Å². The number of hydroxylamine groups is 1. The van der Waals surface area contributed by atoms with Crippen LogP contribution in [0.1, 0.15) is 18.5 Å². The normalized spacial score (nSPS) is 12.5. The number of ether oxygens (including phenoxy) is 1. The van der Waals surface area contributed by atoms with Crippen molar-refractivity contribution in [3.8, 4) is 11.5 Å². The van der Waals surface area contributed by atoms with Gasteiger partial charge in [-0.1, -0.05) is 6.07 Å². The molecule has 4 nitrogen and oxygen atoms in total. The lowest BCUT2D eigenvalue weighted by atomic mass is 10.1. The lowest BCUT2D eigenvalue weighted by molar-refractivity contribution is 0.132. The van der Waals surface area contributed by atoms with Crippen LogP contribution in [-0.4, -0.2) is 17.4 Å². The number of phenolic OH excluding ortho intramolecular Hbond substituents is 1. The summed E-state index contributed by atoms with van der Waals surface area (Å²) in [7, 11) is 1.53. The van der Waals surface area contributed by atoms with Gasteiger partial charge in [-0.2, -0.15) is 5.48 Å². The molecule has 0 aliphatic carbocycles. The van der Waals surface area contributed by atoms with E-state index in [4.69, 9.17) is 9.94 Å². The smallest absolute Gasteiger partial charge is 0.124 e. The molecule has 0 aliphatic rings. The van der Waals surface area contributed by atoms with Crippen molar-refractivity contribution >= 4 is 0 Å². The lowest BCUT2D eigenvalue weighted by Gasteiger charge is -2.11. The van der Waals surface area contributed by atoms with Gasteiger partial charge in [0, 0.05) is 11.6 Å². The monoisotopic (exact) mass is 183 g/mol. The molecule has 1 unspecified atom stereocenters. The van der Waals surface area contributed by atoms with Gasteiger partial charge < -0.3 is 15.1 Å². The van der Waals surface area contributed by atoms with Crippen LogP contribution < -0.4 is 10.2 Å². The highest BCUT2D eigenvalue weighted by Gasteiger charge is 2.09. The summed E-state index contributed by atoms with van der Waals surface area (Å²) >= 11 is 0. The number of nitrogens with one attached hydrogen (secondary N) is 1. The fraction of sp³-hybridized carbons (Fsp3) is 0.333. The Labute approximate surface area is 76.7 Å². The molecule has 0 amide bonds. The summed E-state index contributed by atoms with van der Waals surface area (Å²) < 4.78 is 4.92. The van der Waals surface area contributed by atoms with Crippen LogP contribution in [0.15, 0.2) is 18.2 Å². The summed E-state index contributed by atoms with van der Waals surface area (Å²) in [6, 6.07) is 4.62. The first-order chi connectivity index (χ1) is 6.19. The Balaban J connectivity index is 2.98. The van der Waals surface area contributed by atoms with E-state index in [-0.39, 0.29) is 11.8 Å². The molecule has 0 fully saturated rings. The van der Waals surface area contributed by atoms with E-state index in [0.29, 0.717) is 11.3 Å². The lowest BCUT2D eigenvalue weighted by Crippen LogP contribution is -2.13. The Hall–Kier alpha value is -1.26. The van der Waals surface area contributed by atoms with Crippen LogP contribution in [0.25, 0.3) is 0 Å². The summed E-state index contributed by atoms with van der Waals surface area (Å²) in [6.07, 6.45) is 0. The summed E-state index contributed by atoms with van der Waals surface area (Å²) in [6.45, 7) is 1.74. The van der Waals surface area contributed by atoms with Gasteiger partial charge >= 0.3 is 0 Å². The molecule has 0 radical (unpaired) electrons. The van der Waals surface area contributed by atoms with E-state index in [1.807, 2.05) is 0 Å². The van der Waals surface area contributed by atoms with Crippen molar-refractivity contribution < 1.29 is 15.1 Å². The predicted molar refractivity (Wildman–Crippen MR) is 48.0 cm³/mol. The van der Waals surface area contributed by atoms with E-state index < -0.39 is 0 Å². The highest BCUT2D eigenvalue weighted by molar-refractivity contribution is 5.41. The van der Waals surface area contributed by atoms with Crippen LogP contribution in [-0.2, 0) is 0 Å². The zero-order valence-electron chi connectivity index (χ0n) is 7.61. The molecular weight excluding hydrogens is 170 g/mol. The van der Waals surface area contributed by atoms with Crippen molar-refractivity contribution in [3.63, 3.8) is 0 Å². The van der Waals surface area contributed by atoms with E-state index in [1.165, 1.54) is 13.2 Å². The average Bonchev–Trinajstić information content (AvgIpc) is 2.16. The second-order valence-electron chi connectivity index (χ2n) is 2.78. The molecule has 0 aromatic heterocycles. The third kappa shape index (κ3) is 2.11. The quantitative estimate of drug-likeness (QED) is 0.620. The highest BCUT2D eigenvalue weighted by atomic mass is 16.5. The van der Waals surface area contributed by atoms with Crippen LogP contribution in [0, 0.1) is 0 Å². The van der Waals surface area contributed by atoms with Crippen LogP contribution in [0.5, 0.6) is 11.5 Å². The molecule has 0 saturated carbocycles. The van der Waals surface area contributed by atoms with E-state index in [0.717, 1.165) is 0 Å². The Kier molecular flexibility index (Phi) is 3.11. The molecule has 4 heteroatoms. The van der Waals surface area contributed by atoms with Gasteiger partial charge in [-0.05, 0) is 13.0 Å². The number of benzene rings is 1. The molecule has 0 saturated heterocycles. The van der Waals surface area contributed by atoms with Crippen molar-refractivity contribution in [2.45, 2.75) is 13.0 Å². The number of methoxy groups -OCH3 is 1. The molecular formula is C9H13NO3. The molecule has 0 aliphatic heterocycles. The number of hydrogen-bond acceptors (Lipinski definition) is 4. The molecule has 3 N–H and O–H groups in total. The second-order valence-corrected chi connectivity index (χ2v) is 2.78. The number of aromatic hydroxyl groups is 1. The third-order valence-corrected chi connectivity index (χ3v) is 1.90. The van der Waals surface area contributed by atoms with E-state index in [1.54, 1.807) is 19.1 Å². The van der Waals surface area contributed by atoms with E-state index >= 15 is 0 Å². The van der Waals surface area contributed by atoms with Crippen LogP contribution in [0.4, 0.5) is 0 Å². The fourth-order valence-electron chi connectivity index (χ4n) is 1.09. The largest absolute Gasteiger partial charge is 0.507 e. The number of rotatable bonds is 3. The predicted octanol–water partition coefficient (Wildman–Crippen LogP) is 1.44. The molecule has 1 aromatic rings. The maximum atomic E-state index is 9.49. The fourth-order valence-corrected chi connectivity index (χ4v) is 1.09. The van der Waals surface area contributed by atoms with Crippen LogP contribution >= 0.6 is 0 Å². The maximum Gasteiger partial charge on any atom is 0.124 e. The van der Waals surface area contributed by atoms with Gasteiger partial charge in [-0.3, -0.25) is 0 Å². The van der Waals surface area contributed by atoms with Gasteiger partial charge in [-0.25, -0.2) is 0 Å². The minimum absolute atomic E-state index is 0.105. The SMILES string of the molecule is COc1ccc(C(C)NO)c(O)c1. The molecule has 0 heterocycles. The van der Waals surface area contributed by atoms with Gasteiger partial charge in [0.2, 0.25) is 0 Å². The molecule has 1 rings (SSSR count). The van der Waals surface area contributed by atoms with E-state index in [9.17, 15) is 5.11 Å². The van der Waals surface area contributed by atoms with Gasteiger partial charge in [-0.15, -0.1) is 0 Å². The number of phenols is 1. The second kappa shape index (κ2) is 4.11. The van der Waals surface area contributed by atoms with Crippen LogP contribution in [0.3, 0.4) is 0 Å². The summed E-state index contributed by atoms with van der Waals surface area (Å²) in [4.78, 5) is 0. The first-order valence-electron chi connectivity index (χ1n) is 3.95. The first-order valence-corrected chi connectivity index (χ1v) is 3.95. The minimum Gasteiger partial charge on any atom is -0.507 e. The van der Waals surface area contributed by atoms with Crippen molar-refractivity contribution in [1.29, 1.82) is 0 Å². The van der Waals surface area contributed by atoms with Crippen molar-refractivity contribution in [2.24, 2.45) is 0 Å². The Morgan fingerprint density at radius 3 is 2.62 bits per heavy atom. The molecule has 1 aromatic carbocycles. The molecule has 0 bridgehead atoms. The Morgan fingerprint density at radius 2 is 2.15 bits per heavy atom. The van der Waals surface area contributed by atoms with Crippen molar-refractivity contribution in [1.82, 2.24) is 5.48 Å². The number of hydrogen-bond donors (Lipinski definition) is 3. The van der Waals surface area contributed by atoms with Crippen LogP contribution in [0.2, 0.25) is 0 Å². The van der Waals surface area contributed by atoms with E-state index in [2.05, 4.69) is 5.48 Å². The zero-order valence-corrected chi connectivity index (χ0v) is 7.61. The topological polar surface area (TPSA) is 61.7 Å². The van der Waals surface area contributed by atoms with Crippen molar-refractivity contribution in [3.05, 3.63) is 23.8 Å². The third-order valence-electron chi connectivity index (χ3n) is 1.90. The molecule has 13 heavy (non-hydrogen) atoms. The Bertz CT molecular complexity index is 288. The van der Waals surface area contributed by atoms with Gasteiger partial charge in [0.15, 0.2) is 0 Å². The molecule has 1 atom stereocenters. The highest BCUT2D eigenvalue weighted by Crippen LogP contribution is 2.27. The van der Waals surface area contributed by atoms with Gasteiger partial charge in [0.05, 0.1) is 13.2 Å². The molecule has 0 spiro atoms. The summed E-state index contributed by atoms with van der Waals surface area (Å²) in [5.41, 5.74) is 2.69.